The lowest BCUT2D eigenvalue weighted by Gasteiger charge is -2.31. The van der Waals surface area contributed by atoms with Gasteiger partial charge in [0.1, 0.15) is 0 Å². The van der Waals surface area contributed by atoms with Crippen LogP contribution in [0.4, 0.5) is 0 Å². The van der Waals surface area contributed by atoms with Crippen molar-refractivity contribution in [3.05, 3.63) is 0 Å². The van der Waals surface area contributed by atoms with Gasteiger partial charge < -0.3 is 36.0 Å². The second-order valence-electron chi connectivity index (χ2n) is 22.2. The number of primary amides is 1. The largest absolute Gasteiger partial charge is 0.368 e. The number of amides is 6. The molecule has 0 aliphatic heterocycles. The Morgan fingerprint density at radius 2 is 0.507 bits per heavy atom. The zero-order valence-corrected chi connectivity index (χ0v) is 49.7. The van der Waals surface area contributed by atoms with Gasteiger partial charge in [-0.1, -0.05) is 259 Å². The second-order valence-corrected chi connectivity index (χ2v) is 22.2. The highest BCUT2D eigenvalue weighted by molar-refractivity contribution is 5.91. The lowest BCUT2D eigenvalue weighted by molar-refractivity contribution is -0.147. The molecule has 0 radical (unpaired) electrons. The third-order valence-electron chi connectivity index (χ3n) is 15.0. The van der Waals surface area contributed by atoms with Gasteiger partial charge in [0, 0.05) is 32.7 Å². The van der Waals surface area contributed by atoms with E-state index in [1.807, 2.05) is 0 Å². The van der Waals surface area contributed by atoms with E-state index in [9.17, 15) is 28.8 Å². The first kappa shape index (κ1) is 71.8. The van der Waals surface area contributed by atoms with Gasteiger partial charge in [0.2, 0.25) is 35.9 Å². The summed E-state index contributed by atoms with van der Waals surface area (Å²) in [5.74, 6) is -1.89. The molecule has 0 aromatic heterocycles. The average molecular weight is 1060 g/mol. The number of unbranched alkanes of at least 4 members (excludes halogenated alkanes) is 36. The number of hydrogen-bond acceptors (Lipinski definition) is 7. The third kappa shape index (κ3) is 44.5. The number of carbonyl (C=O) groups is 6. The summed E-state index contributed by atoms with van der Waals surface area (Å²) in [4.78, 5) is 89.2. The van der Waals surface area contributed by atoms with Crippen LogP contribution in [0.5, 0.6) is 0 Å². The van der Waals surface area contributed by atoms with Gasteiger partial charge in [0.05, 0.1) is 32.7 Å². The summed E-state index contributed by atoms with van der Waals surface area (Å²) in [5, 5.41) is 0. The molecule has 0 saturated carbocycles. The maximum absolute atomic E-state index is 14.5. The molecule has 0 aromatic carbocycles. The van der Waals surface area contributed by atoms with Crippen molar-refractivity contribution in [3.8, 4) is 0 Å². The van der Waals surface area contributed by atoms with Gasteiger partial charge in [-0.25, -0.2) is 0 Å². The van der Waals surface area contributed by atoms with E-state index in [1.165, 1.54) is 170 Å². The zero-order valence-electron chi connectivity index (χ0n) is 49.7. The minimum atomic E-state index is -0.589. The Morgan fingerprint density at radius 3 is 0.747 bits per heavy atom. The molecule has 75 heavy (non-hydrogen) atoms. The topological polar surface area (TPSA) is 171 Å². The maximum atomic E-state index is 14.5. The van der Waals surface area contributed by atoms with Crippen LogP contribution in [0.1, 0.15) is 291 Å². The van der Waals surface area contributed by atoms with Crippen molar-refractivity contribution >= 4 is 35.9 Å². The van der Waals surface area contributed by atoms with Crippen molar-refractivity contribution < 1.29 is 28.8 Å². The zero-order chi connectivity index (χ0) is 55.3. The van der Waals surface area contributed by atoms with Crippen LogP contribution in [-0.4, -0.2) is 132 Å². The first-order valence-corrected chi connectivity index (χ1v) is 31.9. The molecule has 0 unspecified atom stereocenters. The van der Waals surface area contributed by atoms with E-state index in [-0.39, 0.29) is 62.9 Å². The van der Waals surface area contributed by atoms with Gasteiger partial charge in [0.25, 0.3) is 0 Å². The van der Waals surface area contributed by atoms with Gasteiger partial charge in [-0.05, 0) is 38.6 Å². The standard InChI is InChI=1S/C62H121N7O6/c1-5-9-13-17-21-25-29-33-37-41-47-65(57-70)53-59(72)67(49-43-39-35-31-27-23-19-15-11-7-3)55-62(75)69(51-45-46-63)56-61(74)68(50-44-40-36-32-28-24-20-16-12-8-4)54-60(73)66(52-58(64)71)48-42-38-34-30-26-22-18-14-10-6-2/h57H,5-56,63H2,1-4H3,(H2,64,71). The highest BCUT2D eigenvalue weighted by atomic mass is 16.2. The predicted molar refractivity (Wildman–Crippen MR) is 314 cm³/mol. The molecule has 0 heterocycles. The molecule has 4 N–H and O–H groups in total. The van der Waals surface area contributed by atoms with Crippen LogP contribution >= 0.6 is 0 Å². The van der Waals surface area contributed by atoms with Gasteiger partial charge >= 0.3 is 0 Å². The fraction of sp³-hybridized carbons (Fsp3) is 0.903. The van der Waals surface area contributed by atoms with Crippen LogP contribution in [0, 0.1) is 0 Å². The lowest BCUT2D eigenvalue weighted by atomic mass is 10.1. The minimum absolute atomic E-state index is 0.0939. The van der Waals surface area contributed by atoms with Crippen LogP contribution in [0.15, 0.2) is 0 Å². The third-order valence-corrected chi connectivity index (χ3v) is 15.0. The lowest BCUT2D eigenvalue weighted by Crippen LogP contribution is -2.51. The number of nitrogens with zero attached hydrogens (tertiary/aromatic N) is 5. The Morgan fingerprint density at radius 1 is 0.293 bits per heavy atom. The van der Waals surface area contributed by atoms with Crippen molar-refractivity contribution in [2.75, 3.05) is 72.0 Å². The Hall–Kier alpha value is -3.22. The monoisotopic (exact) mass is 1060 g/mol. The van der Waals surface area contributed by atoms with E-state index in [0.29, 0.717) is 45.6 Å². The van der Waals surface area contributed by atoms with Crippen molar-refractivity contribution in [3.63, 3.8) is 0 Å². The molecule has 0 aromatic rings. The summed E-state index contributed by atoms with van der Waals surface area (Å²) < 4.78 is 0. The predicted octanol–water partition coefficient (Wildman–Crippen LogP) is 13.3. The Labute approximate surface area is 461 Å². The number of hydrogen-bond donors (Lipinski definition) is 2. The SMILES string of the molecule is CCCCCCCCCCCCN(C=O)CC(=O)N(CCCCCCCCCCCC)CC(=O)N(CCCN)CC(=O)N(CCCCCCCCCCCC)CC(=O)N(CCCCCCCCCCCC)CC(N)=O. The Bertz CT molecular complexity index is 1370. The quantitative estimate of drug-likeness (QED) is 0.0451. The molecule has 13 heteroatoms. The van der Waals surface area contributed by atoms with Gasteiger partial charge in [0.15, 0.2) is 0 Å². The fourth-order valence-electron chi connectivity index (χ4n) is 10.0. The van der Waals surface area contributed by atoms with Crippen molar-refractivity contribution in [1.82, 2.24) is 24.5 Å². The van der Waals surface area contributed by atoms with Crippen LogP contribution < -0.4 is 11.5 Å². The minimum Gasteiger partial charge on any atom is -0.368 e. The summed E-state index contributed by atoms with van der Waals surface area (Å²) in [5.41, 5.74) is 11.7. The fourth-order valence-corrected chi connectivity index (χ4v) is 10.0. The molecule has 0 aliphatic rings. The maximum Gasteiger partial charge on any atom is 0.242 e. The molecule has 0 saturated heterocycles. The smallest absolute Gasteiger partial charge is 0.242 e. The van der Waals surface area contributed by atoms with E-state index < -0.39 is 5.91 Å². The van der Waals surface area contributed by atoms with E-state index in [2.05, 4.69) is 27.7 Å². The van der Waals surface area contributed by atoms with Crippen molar-refractivity contribution in [2.45, 2.75) is 291 Å². The molecule has 0 spiro atoms. The molecule has 6 amide bonds. The molecular formula is C62H121N7O6. The van der Waals surface area contributed by atoms with Gasteiger partial charge in [-0.2, -0.15) is 0 Å². The molecule has 0 atom stereocenters. The first-order valence-electron chi connectivity index (χ1n) is 31.9. The summed E-state index contributed by atoms with van der Waals surface area (Å²) >= 11 is 0. The molecule has 440 valence electrons. The molecule has 0 bridgehead atoms. The normalized spacial score (nSPS) is 11.2. The molecule has 0 rings (SSSR count). The average Bonchev–Trinajstić information content (AvgIpc) is 3.40. The Kier molecular flexibility index (Phi) is 51.8. The number of rotatable bonds is 58. The molecule has 0 fully saturated rings. The molecule has 0 aliphatic carbocycles. The molecule has 13 nitrogen and oxygen atoms in total. The highest BCUT2D eigenvalue weighted by Crippen LogP contribution is 2.16. The van der Waals surface area contributed by atoms with Crippen LogP contribution in [-0.2, 0) is 28.8 Å². The van der Waals surface area contributed by atoms with E-state index in [4.69, 9.17) is 11.5 Å². The van der Waals surface area contributed by atoms with Crippen molar-refractivity contribution in [1.29, 1.82) is 0 Å². The van der Waals surface area contributed by atoms with Crippen LogP contribution in [0.3, 0.4) is 0 Å². The van der Waals surface area contributed by atoms with E-state index in [0.717, 1.165) is 96.3 Å². The van der Waals surface area contributed by atoms with E-state index in [1.54, 1.807) is 14.7 Å². The first-order chi connectivity index (χ1) is 36.6. The molecular weight excluding hydrogens is 939 g/mol. The highest BCUT2D eigenvalue weighted by Gasteiger charge is 2.28. The Balaban J connectivity index is 6.08. The summed E-state index contributed by atoms with van der Waals surface area (Å²) in [6.45, 7) is 10.1. The summed E-state index contributed by atoms with van der Waals surface area (Å²) in [6, 6.07) is 0. The van der Waals surface area contributed by atoms with E-state index >= 15 is 0 Å². The number of nitrogens with two attached hydrogens (primary N) is 2. The number of carbonyl (C=O) groups excluding carboxylic acids is 6. The van der Waals surface area contributed by atoms with Gasteiger partial charge in [-0.15, -0.1) is 0 Å². The summed E-state index contributed by atoms with van der Waals surface area (Å²) in [7, 11) is 0. The van der Waals surface area contributed by atoms with Crippen LogP contribution in [0.25, 0.3) is 0 Å². The summed E-state index contributed by atoms with van der Waals surface area (Å²) in [6.07, 6.45) is 47.2. The van der Waals surface area contributed by atoms with Gasteiger partial charge in [-0.3, -0.25) is 28.8 Å². The van der Waals surface area contributed by atoms with Crippen LogP contribution in [0.2, 0.25) is 0 Å². The van der Waals surface area contributed by atoms with Crippen molar-refractivity contribution in [2.24, 2.45) is 11.5 Å². The second kappa shape index (κ2) is 54.1.